The number of nitrogens with one attached hydrogen (secondary N) is 1. The zero-order valence-electron chi connectivity index (χ0n) is 13.1. The molecule has 0 aliphatic carbocycles. The Balaban J connectivity index is 2.10. The Labute approximate surface area is 125 Å². The molecule has 4 nitrogen and oxygen atoms in total. The topological polar surface area (TPSA) is 47.3 Å². The monoisotopic (exact) mass is 288 g/mol. The highest BCUT2D eigenvalue weighted by atomic mass is 16.5. The van der Waals surface area contributed by atoms with E-state index in [2.05, 4.69) is 17.2 Å². The van der Waals surface area contributed by atoms with Gasteiger partial charge in [-0.25, -0.2) is 4.98 Å². The van der Waals surface area contributed by atoms with E-state index in [0.29, 0.717) is 11.8 Å². The van der Waals surface area contributed by atoms with Gasteiger partial charge in [-0.15, -0.1) is 0 Å². The Kier molecular flexibility index (Phi) is 4.15. The summed E-state index contributed by atoms with van der Waals surface area (Å²) in [5, 5.41) is 3.53. The predicted molar refractivity (Wildman–Crippen MR) is 83.9 cm³/mol. The number of aromatic nitrogens is 1. The summed E-state index contributed by atoms with van der Waals surface area (Å²) < 4.78 is 11.3. The van der Waals surface area contributed by atoms with Crippen LogP contribution in [-0.4, -0.2) is 25.2 Å². The molecule has 21 heavy (non-hydrogen) atoms. The van der Waals surface area contributed by atoms with Crippen molar-refractivity contribution in [1.29, 1.82) is 0 Å². The molecule has 1 aromatic carbocycles. The second-order valence-corrected chi connectivity index (χ2v) is 5.88. The first-order chi connectivity index (χ1) is 10.2. The van der Waals surface area contributed by atoms with Crippen LogP contribution in [0.25, 0.3) is 11.1 Å². The largest absolute Gasteiger partial charge is 0.496 e. The normalized spacial score (nSPS) is 20.6. The fraction of sp³-hybridized carbons (Fsp3) is 0.588. The fourth-order valence-electron chi connectivity index (χ4n) is 3.64. The molecular weight excluding hydrogens is 264 g/mol. The van der Waals surface area contributed by atoms with Crippen LogP contribution in [0.5, 0.6) is 5.75 Å². The summed E-state index contributed by atoms with van der Waals surface area (Å²) in [6.45, 7) is 6.37. The summed E-state index contributed by atoms with van der Waals surface area (Å²) >= 11 is 0. The minimum Gasteiger partial charge on any atom is -0.496 e. The number of aryl methyl sites for hydroxylation is 1. The molecule has 114 valence electrons. The van der Waals surface area contributed by atoms with Gasteiger partial charge < -0.3 is 14.5 Å². The van der Waals surface area contributed by atoms with Gasteiger partial charge in [-0.1, -0.05) is 6.92 Å². The average Bonchev–Trinajstić information content (AvgIpc) is 2.89. The first-order valence-corrected chi connectivity index (χ1v) is 7.89. The molecule has 1 fully saturated rings. The van der Waals surface area contributed by atoms with Gasteiger partial charge >= 0.3 is 0 Å². The average molecular weight is 288 g/mol. The molecule has 1 aromatic heterocycles. The number of fused-ring (bicyclic) bond motifs is 1. The molecule has 1 aliphatic rings. The lowest BCUT2D eigenvalue weighted by atomic mass is 9.79. The Morgan fingerprint density at radius 3 is 3.00 bits per heavy atom. The fourth-order valence-corrected chi connectivity index (χ4v) is 3.64. The molecular formula is C17H24N2O2. The molecule has 1 N–H and O–H groups in total. The molecule has 2 heterocycles. The molecule has 3 rings (SSSR count). The maximum Gasteiger partial charge on any atom is 0.192 e. The highest BCUT2D eigenvalue weighted by Gasteiger charge is 2.29. The maximum absolute atomic E-state index is 5.71. The molecule has 2 atom stereocenters. The number of hydrogen-bond donors (Lipinski definition) is 1. The molecule has 2 unspecified atom stereocenters. The van der Waals surface area contributed by atoms with Crippen LogP contribution in [0.2, 0.25) is 0 Å². The molecule has 0 amide bonds. The molecule has 0 bridgehead atoms. The van der Waals surface area contributed by atoms with Gasteiger partial charge in [0.05, 0.1) is 7.11 Å². The zero-order chi connectivity index (χ0) is 14.8. The number of hydrogen-bond acceptors (Lipinski definition) is 4. The van der Waals surface area contributed by atoms with E-state index in [4.69, 9.17) is 9.15 Å². The third kappa shape index (κ3) is 2.64. The van der Waals surface area contributed by atoms with Crippen LogP contribution in [0.1, 0.15) is 43.6 Å². The Bertz CT molecular complexity index is 615. The minimum atomic E-state index is 0.459. The summed E-state index contributed by atoms with van der Waals surface area (Å²) in [6, 6.07) is 3.98. The van der Waals surface area contributed by atoms with E-state index in [9.17, 15) is 0 Å². The summed E-state index contributed by atoms with van der Waals surface area (Å²) in [5.74, 6) is 2.76. The SMILES string of the molecule is CCC(c1c(OC)ccc2oc(C)nc12)C1CCCNC1. The molecule has 0 saturated carbocycles. The van der Waals surface area contributed by atoms with Gasteiger partial charge in [-0.2, -0.15) is 0 Å². The van der Waals surface area contributed by atoms with Crippen molar-refractivity contribution >= 4 is 11.1 Å². The summed E-state index contributed by atoms with van der Waals surface area (Å²) in [5.41, 5.74) is 3.07. The van der Waals surface area contributed by atoms with E-state index in [1.807, 2.05) is 19.1 Å². The van der Waals surface area contributed by atoms with Gasteiger partial charge in [0.25, 0.3) is 0 Å². The van der Waals surface area contributed by atoms with Crippen molar-refractivity contribution in [1.82, 2.24) is 10.3 Å². The third-order valence-electron chi connectivity index (χ3n) is 4.60. The summed E-state index contributed by atoms with van der Waals surface area (Å²) in [4.78, 5) is 4.62. The van der Waals surface area contributed by atoms with Gasteiger partial charge in [0.15, 0.2) is 11.5 Å². The second-order valence-electron chi connectivity index (χ2n) is 5.88. The van der Waals surface area contributed by atoms with E-state index in [-0.39, 0.29) is 0 Å². The van der Waals surface area contributed by atoms with E-state index in [1.54, 1.807) is 7.11 Å². The first kappa shape index (κ1) is 14.4. The van der Waals surface area contributed by atoms with E-state index in [0.717, 1.165) is 42.3 Å². The Morgan fingerprint density at radius 1 is 1.48 bits per heavy atom. The van der Waals surface area contributed by atoms with Crippen LogP contribution in [0, 0.1) is 12.8 Å². The lowest BCUT2D eigenvalue weighted by molar-refractivity contribution is 0.309. The number of nitrogens with zero attached hydrogens (tertiary/aromatic N) is 1. The minimum absolute atomic E-state index is 0.459. The van der Waals surface area contributed by atoms with Crippen LogP contribution < -0.4 is 10.1 Å². The van der Waals surface area contributed by atoms with Crippen molar-refractivity contribution in [3.8, 4) is 5.75 Å². The van der Waals surface area contributed by atoms with Crippen LogP contribution in [0.15, 0.2) is 16.5 Å². The Hall–Kier alpha value is -1.55. The van der Waals surface area contributed by atoms with Crippen molar-refractivity contribution in [3.05, 3.63) is 23.6 Å². The summed E-state index contributed by atoms with van der Waals surface area (Å²) in [7, 11) is 1.74. The molecule has 4 heteroatoms. The number of ether oxygens (including phenoxy) is 1. The first-order valence-electron chi connectivity index (χ1n) is 7.89. The number of oxazole rings is 1. The smallest absolute Gasteiger partial charge is 0.192 e. The highest BCUT2D eigenvalue weighted by Crippen LogP contribution is 2.41. The second kappa shape index (κ2) is 6.06. The van der Waals surface area contributed by atoms with Crippen LogP contribution in [0.4, 0.5) is 0 Å². The molecule has 1 saturated heterocycles. The van der Waals surface area contributed by atoms with Crippen molar-refractivity contribution in [2.24, 2.45) is 5.92 Å². The lowest BCUT2D eigenvalue weighted by Gasteiger charge is -2.31. The molecule has 1 aliphatic heterocycles. The van der Waals surface area contributed by atoms with Gasteiger partial charge in [0.2, 0.25) is 0 Å². The molecule has 0 spiro atoms. The maximum atomic E-state index is 5.71. The van der Waals surface area contributed by atoms with E-state index >= 15 is 0 Å². The Morgan fingerprint density at radius 2 is 2.33 bits per heavy atom. The third-order valence-corrected chi connectivity index (χ3v) is 4.60. The number of rotatable bonds is 4. The van der Waals surface area contributed by atoms with Crippen LogP contribution in [0.3, 0.4) is 0 Å². The van der Waals surface area contributed by atoms with Gasteiger partial charge in [-0.05, 0) is 56.3 Å². The number of benzene rings is 1. The predicted octanol–water partition coefficient (Wildman–Crippen LogP) is 3.64. The van der Waals surface area contributed by atoms with Crippen LogP contribution in [-0.2, 0) is 0 Å². The van der Waals surface area contributed by atoms with Gasteiger partial charge in [-0.3, -0.25) is 0 Å². The number of piperidine rings is 1. The quantitative estimate of drug-likeness (QED) is 0.933. The van der Waals surface area contributed by atoms with Crippen molar-refractivity contribution in [2.75, 3.05) is 20.2 Å². The van der Waals surface area contributed by atoms with Crippen molar-refractivity contribution in [2.45, 2.75) is 39.0 Å². The molecule has 2 aromatic rings. The van der Waals surface area contributed by atoms with E-state index in [1.165, 1.54) is 18.4 Å². The molecule has 0 radical (unpaired) electrons. The van der Waals surface area contributed by atoms with Crippen molar-refractivity contribution < 1.29 is 9.15 Å². The highest BCUT2D eigenvalue weighted by molar-refractivity contribution is 5.80. The number of methoxy groups -OCH3 is 1. The van der Waals surface area contributed by atoms with E-state index < -0.39 is 0 Å². The summed E-state index contributed by atoms with van der Waals surface area (Å²) in [6.07, 6.45) is 3.60. The van der Waals surface area contributed by atoms with Gasteiger partial charge in [0, 0.05) is 12.5 Å². The van der Waals surface area contributed by atoms with Crippen molar-refractivity contribution in [3.63, 3.8) is 0 Å². The zero-order valence-corrected chi connectivity index (χ0v) is 13.1. The van der Waals surface area contributed by atoms with Gasteiger partial charge in [0.1, 0.15) is 11.3 Å². The standard InChI is InChI=1S/C17H24N2O2/c1-4-13(12-6-5-9-18-10-12)16-14(20-3)7-8-15-17(16)19-11(2)21-15/h7-8,12-13,18H,4-6,9-10H2,1-3H3. The lowest BCUT2D eigenvalue weighted by Crippen LogP contribution is -2.33. The van der Waals surface area contributed by atoms with Crippen LogP contribution >= 0.6 is 0 Å².